The molecule has 1 aliphatic carbocycles. The first kappa shape index (κ1) is 14.6. The minimum atomic E-state index is -0.0270. The summed E-state index contributed by atoms with van der Waals surface area (Å²) in [5, 5.41) is 4.48. The summed E-state index contributed by atoms with van der Waals surface area (Å²) >= 11 is 0. The van der Waals surface area contributed by atoms with Crippen molar-refractivity contribution >= 4 is 16.7 Å². The fraction of sp³-hybridized carbons (Fsp3) is 0.316. The van der Waals surface area contributed by atoms with Crippen LogP contribution in [0.1, 0.15) is 32.6 Å². The van der Waals surface area contributed by atoms with Crippen LogP contribution in [0.2, 0.25) is 0 Å². The summed E-state index contributed by atoms with van der Waals surface area (Å²) in [5.41, 5.74) is 2.79. The Morgan fingerprint density at radius 2 is 1.91 bits per heavy atom. The number of anilines is 1. The van der Waals surface area contributed by atoms with E-state index in [4.69, 9.17) is 4.42 Å². The second-order valence-corrected chi connectivity index (χ2v) is 5.69. The predicted octanol–water partition coefficient (Wildman–Crippen LogP) is 4.89. The van der Waals surface area contributed by atoms with Crippen LogP contribution >= 0.6 is 0 Å². The molecule has 1 aromatic rings. The van der Waals surface area contributed by atoms with Gasteiger partial charge in [0.1, 0.15) is 11.3 Å². The lowest BCUT2D eigenvalue weighted by Gasteiger charge is -2.09. The van der Waals surface area contributed by atoms with Gasteiger partial charge in [0.15, 0.2) is 5.43 Å². The average molecular weight is 295 g/mol. The second-order valence-electron chi connectivity index (χ2n) is 5.69. The molecule has 0 radical (unpaired) electrons. The first-order valence-corrected chi connectivity index (χ1v) is 7.98. The van der Waals surface area contributed by atoms with Crippen LogP contribution in [-0.4, -0.2) is 6.54 Å². The van der Waals surface area contributed by atoms with Gasteiger partial charge >= 0.3 is 0 Å². The van der Waals surface area contributed by atoms with Crippen molar-refractivity contribution in [3.05, 3.63) is 52.7 Å². The Hall–Kier alpha value is -2.29. The summed E-state index contributed by atoms with van der Waals surface area (Å²) in [7, 11) is 0. The third-order valence-electron chi connectivity index (χ3n) is 3.89. The van der Waals surface area contributed by atoms with Crippen LogP contribution in [0.15, 0.2) is 51.7 Å². The van der Waals surface area contributed by atoms with Crippen LogP contribution in [0.3, 0.4) is 0 Å². The topological polar surface area (TPSA) is 42.2 Å². The Kier molecular flexibility index (Phi) is 4.42. The molecule has 1 aliphatic heterocycles. The van der Waals surface area contributed by atoms with Crippen molar-refractivity contribution in [2.75, 3.05) is 11.9 Å². The van der Waals surface area contributed by atoms with Crippen LogP contribution in [-0.2, 0) is 0 Å². The van der Waals surface area contributed by atoms with Gasteiger partial charge in [-0.15, -0.1) is 0 Å². The van der Waals surface area contributed by atoms with E-state index < -0.39 is 0 Å². The molecule has 114 valence electrons. The van der Waals surface area contributed by atoms with Crippen molar-refractivity contribution < 1.29 is 4.42 Å². The molecule has 1 aromatic carbocycles. The minimum Gasteiger partial charge on any atom is -0.456 e. The van der Waals surface area contributed by atoms with E-state index >= 15 is 0 Å². The molecular weight excluding hydrogens is 274 g/mol. The van der Waals surface area contributed by atoms with Gasteiger partial charge in [0.25, 0.3) is 0 Å². The van der Waals surface area contributed by atoms with Crippen LogP contribution < -0.4 is 10.7 Å². The zero-order valence-electron chi connectivity index (χ0n) is 12.9. The van der Waals surface area contributed by atoms with Crippen molar-refractivity contribution in [3.8, 4) is 11.3 Å². The van der Waals surface area contributed by atoms with E-state index in [-0.39, 0.29) is 5.43 Å². The number of benzene rings is 2. The Balaban J connectivity index is 1.81. The van der Waals surface area contributed by atoms with Gasteiger partial charge in [-0.25, -0.2) is 0 Å². The highest BCUT2D eigenvalue weighted by atomic mass is 16.3. The van der Waals surface area contributed by atoms with Gasteiger partial charge in [0.2, 0.25) is 0 Å². The van der Waals surface area contributed by atoms with Crippen LogP contribution in [0.5, 0.6) is 0 Å². The summed E-state index contributed by atoms with van der Waals surface area (Å²) in [6.45, 7) is 3.19. The SMILES string of the molecule is CCCCCCNc1ccc2cc3ccc(=O)cc-3oc2c1. The summed E-state index contributed by atoms with van der Waals surface area (Å²) in [6, 6.07) is 13.1. The molecule has 0 saturated heterocycles. The summed E-state index contributed by atoms with van der Waals surface area (Å²) in [6.07, 6.45) is 4.99. The van der Waals surface area contributed by atoms with Gasteiger partial charge in [-0.2, -0.15) is 0 Å². The van der Waals surface area contributed by atoms with Gasteiger partial charge in [-0.3, -0.25) is 4.79 Å². The summed E-state index contributed by atoms with van der Waals surface area (Å²) in [5.74, 6) is 0.639. The number of rotatable bonds is 6. The van der Waals surface area contributed by atoms with Gasteiger partial charge in [0, 0.05) is 35.3 Å². The average Bonchev–Trinajstić information content (AvgIpc) is 2.52. The highest BCUT2D eigenvalue weighted by molar-refractivity contribution is 5.85. The lowest BCUT2D eigenvalue weighted by molar-refractivity contribution is 0.619. The van der Waals surface area contributed by atoms with Crippen molar-refractivity contribution in [2.24, 2.45) is 0 Å². The first-order chi connectivity index (χ1) is 10.8. The van der Waals surface area contributed by atoms with E-state index in [9.17, 15) is 4.79 Å². The predicted molar refractivity (Wildman–Crippen MR) is 91.7 cm³/mol. The van der Waals surface area contributed by atoms with Crippen molar-refractivity contribution in [1.82, 2.24) is 0 Å². The van der Waals surface area contributed by atoms with Crippen LogP contribution in [0, 0.1) is 0 Å². The molecular formula is C19H21NO2. The van der Waals surface area contributed by atoms with Crippen molar-refractivity contribution in [3.63, 3.8) is 0 Å². The lowest BCUT2D eigenvalue weighted by Crippen LogP contribution is -2.01. The molecule has 1 N–H and O–H groups in total. The molecule has 0 saturated carbocycles. The molecule has 22 heavy (non-hydrogen) atoms. The first-order valence-electron chi connectivity index (χ1n) is 7.98. The molecule has 0 aromatic heterocycles. The molecule has 1 heterocycles. The lowest BCUT2D eigenvalue weighted by atomic mass is 10.1. The molecule has 0 fully saturated rings. The van der Waals surface area contributed by atoms with E-state index in [1.54, 1.807) is 18.2 Å². The number of hydrogen-bond acceptors (Lipinski definition) is 3. The standard InChI is InChI=1S/C19H21NO2/c1-2-3-4-5-10-20-16-8-6-14-11-15-7-9-17(21)13-19(15)22-18(14)12-16/h6-9,11-13,20H,2-5,10H2,1H3. The molecule has 0 amide bonds. The maximum Gasteiger partial charge on any atom is 0.182 e. The fourth-order valence-electron chi connectivity index (χ4n) is 2.64. The maximum atomic E-state index is 11.4. The minimum absolute atomic E-state index is 0.0270. The zero-order valence-corrected chi connectivity index (χ0v) is 12.9. The monoisotopic (exact) mass is 295 g/mol. The second kappa shape index (κ2) is 6.65. The Labute approximate surface area is 130 Å². The number of nitrogens with one attached hydrogen (secondary N) is 1. The maximum absolute atomic E-state index is 11.4. The quantitative estimate of drug-likeness (QED) is 0.520. The smallest absolute Gasteiger partial charge is 0.182 e. The Morgan fingerprint density at radius 1 is 1.00 bits per heavy atom. The Morgan fingerprint density at radius 3 is 2.77 bits per heavy atom. The van der Waals surface area contributed by atoms with Gasteiger partial charge < -0.3 is 9.73 Å². The van der Waals surface area contributed by atoms with Crippen molar-refractivity contribution in [1.29, 1.82) is 0 Å². The molecule has 0 unspecified atom stereocenters. The largest absolute Gasteiger partial charge is 0.456 e. The third-order valence-corrected chi connectivity index (χ3v) is 3.89. The van der Waals surface area contributed by atoms with E-state index in [0.29, 0.717) is 5.76 Å². The van der Waals surface area contributed by atoms with Gasteiger partial charge in [-0.05, 0) is 36.8 Å². The fourth-order valence-corrected chi connectivity index (χ4v) is 2.64. The molecule has 3 rings (SSSR count). The number of hydrogen-bond donors (Lipinski definition) is 1. The summed E-state index contributed by atoms with van der Waals surface area (Å²) in [4.78, 5) is 11.4. The Bertz CT molecular complexity index is 791. The van der Waals surface area contributed by atoms with E-state index in [1.807, 2.05) is 6.07 Å². The molecule has 3 heteroatoms. The van der Waals surface area contributed by atoms with Gasteiger partial charge in [-0.1, -0.05) is 26.2 Å². The van der Waals surface area contributed by atoms with Crippen LogP contribution in [0.4, 0.5) is 5.69 Å². The normalized spacial score (nSPS) is 11.1. The van der Waals surface area contributed by atoms with E-state index in [2.05, 4.69) is 30.4 Å². The van der Waals surface area contributed by atoms with Gasteiger partial charge in [0.05, 0.1) is 0 Å². The number of unbranched alkanes of at least 4 members (excludes halogenated alkanes) is 3. The van der Waals surface area contributed by atoms with E-state index in [0.717, 1.165) is 28.8 Å². The third kappa shape index (κ3) is 3.30. The summed E-state index contributed by atoms with van der Waals surface area (Å²) < 4.78 is 5.87. The highest BCUT2D eigenvalue weighted by Crippen LogP contribution is 2.28. The van der Waals surface area contributed by atoms with Crippen molar-refractivity contribution in [2.45, 2.75) is 32.6 Å². The molecule has 0 atom stereocenters. The number of fused-ring (bicyclic) bond motifs is 2. The molecule has 0 spiro atoms. The van der Waals surface area contributed by atoms with Crippen LogP contribution in [0.25, 0.3) is 22.3 Å². The molecule has 2 aliphatic rings. The molecule has 0 bridgehead atoms. The molecule has 3 nitrogen and oxygen atoms in total. The zero-order chi connectivity index (χ0) is 15.4. The highest BCUT2D eigenvalue weighted by Gasteiger charge is 2.07. The van der Waals surface area contributed by atoms with E-state index in [1.165, 1.54) is 25.7 Å².